The molecule has 0 aliphatic carbocycles. The molecule has 1 saturated heterocycles. The minimum atomic E-state index is 0.424. The van der Waals surface area contributed by atoms with E-state index in [1.165, 1.54) is 12.8 Å². The van der Waals surface area contributed by atoms with Gasteiger partial charge in [0.1, 0.15) is 0 Å². The molecule has 2 aromatic rings. The van der Waals surface area contributed by atoms with E-state index in [-0.39, 0.29) is 0 Å². The highest BCUT2D eigenvalue weighted by Gasteiger charge is 2.23. The molecule has 1 aliphatic rings. The monoisotopic (exact) mass is 262 g/mol. The molecule has 6 heteroatoms. The van der Waals surface area contributed by atoms with Crippen molar-refractivity contribution in [1.29, 1.82) is 0 Å². The molecular weight excluding hydrogens is 244 g/mol. The van der Waals surface area contributed by atoms with Crippen LogP contribution in [0.1, 0.15) is 25.2 Å². The lowest BCUT2D eigenvalue weighted by Crippen LogP contribution is -2.43. The standard InChI is InChI=1S/C13H18N4O2/c14-8-10-4-1-2-6-17(10)9-12-15-13(16-19-12)11-5-3-7-18-11/h3,5,7,10H,1-2,4,6,8-9,14H2. The van der Waals surface area contributed by atoms with Gasteiger partial charge in [0, 0.05) is 12.6 Å². The summed E-state index contributed by atoms with van der Waals surface area (Å²) in [6.07, 6.45) is 5.20. The molecular formula is C13H18N4O2. The van der Waals surface area contributed by atoms with Gasteiger partial charge in [0.15, 0.2) is 5.76 Å². The van der Waals surface area contributed by atoms with E-state index in [4.69, 9.17) is 14.7 Å². The summed E-state index contributed by atoms with van der Waals surface area (Å²) in [6, 6.07) is 4.05. The van der Waals surface area contributed by atoms with Crippen molar-refractivity contribution < 1.29 is 8.94 Å². The van der Waals surface area contributed by atoms with E-state index in [9.17, 15) is 0 Å². The van der Waals surface area contributed by atoms with Gasteiger partial charge in [0.25, 0.3) is 0 Å². The van der Waals surface area contributed by atoms with Gasteiger partial charge in [0.05, 0.1) is 12.8 Å². The molecule has 1 unspecified atom stereocenters. The first-order chi connectivity index (χ1) is 9.36. The molecule has 2 aromatic heterocycles. The van der Waals surface area contributed by atoms with Gasteiger partial charge in [-0.2, -0.15) is 4.98 Å². The molecule has 2 N–H and O–H groups in total. The lowest BCUT2D eigenvalue weighted by molar-refractivity contribution is 0.128. The fourth-order valence-corrected chi connectivity index (χ4v) is 2.53. The third-order valence-corrected chi connectivity index (χ3v) is 3.57. The average Bonchev–Trinajstić information content (AvgIpc) is 3.09. The first-order valence-electron chi connectivity index (χ1n) is 6.67. The van der Waals surface area contributed by atoms with Gasteiger partial charge in [-0.1, -0.05) is 11.6 Å². The molecule has 0 aromatic carbocycles. The zero-order valence-corrected chi connectivity index (χ0v) is 10.8. The SMILES string of the molecule is NCC1CCCCN1Cc1nc(-c2ccco2)no1. The summed E-state index contributed by atoms with van der Waals surface area (Å²) in [5, 5.41) is 3.94. The number of nitrogens with zero attached hydrogens (tertiary/aromatic N) is 3. The fraction of sp³-hybridized carbons (Fsp3) is 0.538. The summed E-state index contributed by atoms with van der Waals surface area (Å²) >= 11 is 0. The minimum absolute atomic E-state index is 0.424. The second-order valence-electron chi connectivity index (χ2n) is 4.84. The van der Waals surface area contributed by atoms with Crippen LogP contribution in [0.2, 0.25) is 0 Å². The molecule has 102 valence electrons. The Morgan fingerprint density at radius 2 is 2.37 bits per heavy atom. The first-order valence-corrected chi connectivity index (χ1v) is 6.67. The molecule has 0 radical (unpaired) electrons. The summed E-state index contributed by atoms with van der Waals surface area (Å²) in [4.78, 5) is 6.68. The Morgan fingerprint density at radius 1 is 1.42 bits per heavy atom. The van der Waals surface area contributed by atoms with Crippen LogP contribution in [0.25, 0.3) is 11.6 Å². The molecule has 0 amide bonds. The maximum absolute atomic E-state index is 5.81. The molecule has 19 heavy (non-hydrogen) atoms. The Bertz CT molecular complexity index is 508. The van der Waals surface area contributed by atoms with Crippen molar-refractivity contribution in [2.45, 2.75) is 31.8 Å². The van der Waals surface area contributed by atoms with Crippen LogP contribution in [-0.2, 0) is 6.54 Å². The van der Waals surface area contributed by atoms with Crippen molar-refractivity contribution in [3.8, 4) is 11.6 Å². The van der Waals surface area contributed by atoms with Gasteiger partial charge < -0.3 is 14.7 Å². The second kappa shape index (κ2) is 5.54. The summed E-state index contributed by atoms with van der Waals surface area (Å²) in [7, 11) is 0. The number of aromatic nitrogens is 2. The fourth-order valence-electron chi connectivity index (χ4n) is 2.53. The first kappa shape index (κ1) is 12.4. The van der Waals surface area contributed by atoms with Crippen LogP contribution in [0, 0.1) is 0 Å². The van der Waals surface area contributed by atoms with Crippen LogP contribution >= 0.6 is 0 Å². The number of hydrogen-bond donors (Lipinski definition) is 1. The molecule has 1 fully saturated rings. The number of likely N-dealkylation sites (tertiary alicyclic amines) is 1. The molecule has 0 bridgehead atoms. The Kier molecular flexibility index (Phi) is 3.61. The zero-order valence-electron chi connectivity index (χ0n) is 10.8. The Balaban J connectivity index is 1.69. The zero-order chi connectivity index (χ0) is 13.1. The van der Waals surface area contributed by atoms with E-state index in [0.29, 0.717) is 36.6 Å². The largest absolute Gasteiger partial charge is 0.461 e. The van der Waals surface area contributed by atoms with Crippen LogP contribution in [-0.4, -0.2) is 34.2 Å². The van der Waals surface area contributed by atoms with Gasteiger partial charge in [-0.3, -0.25) is 4.90 Å². The highest BCUT2D eigenvalue weighted by molar-refractivity contribution is 5.44. The van der Waals surface area contributed by atoms with Crippen molar-refractivity contribution in [3.63, 3.8) is 0 Å². The maximum atomic E-state index is 5.81. The highest BCUT2D eigenvalue weighted by atomic mass is 16.5. The van der Waals surface area contributed by atoms with E-state index in [1.54, 1.807) is 12.3 Å². The van der Waals surface area contributed by atoms with Gasteiger partial charge in [-0.05, 0) is 31.5 Å². The molecule has 6 nitrogen and oxygen atoms in total. The van der Waals surface area contributed by atoms with Crippen LogP contribution in [0.15, 0.2) is 27.3 Å². The normalized spacial score (nSPS) is 20.8. The van der Waals surface area contributed by atoms with Gasteiger partial charge in [0.2, 0.25) is 11.7 Å². The summed E-state index contributed by atoms with van der Waals surface area (Å²) < 4.78 is 10.5. The minimum Gasteiger partial charge on any atom is -0.461 e. The number of furan rings is 1. The third kappa shape index (κ3) is 2.69. The van der Waals surface area contributed by atoms with Crippen molar-refractivity contribution in [2.24, 2.45) is 5.73 Å². The van der Waals surface area contributed by atoms with Crippen molar-refractivity contribution in [2.75, 3.05) is 13.1 Å². The number of piperidine rings is 1. The lowest BCUT2D eigenvalue weighted by Gasteiger charge is -2.33. The summed E-state index contributed by atoms with van der Waals surface area (Å²) in [5.41, 5.74) is 5.81. The van der Waals surface area contributed by atoms with Gasteiger partial charge in [-0.15, -0.1) is 0 Å². The van der Waals surface area contributed by atoms with Crippen molar-refractivity contribution in [1.82, 2.24) is 15.0 Å². The Hall–Kier alpha value is -1.66. The van der Waals surface area contributed by atoms with Crippen LogP contribution in [0.5, 0.6) is 0 Å². The average molecular weight is 262 g/mol. The summed E-state index contributed by atoms with van der Waals surface area (Å²) in [6.45, 7) is 2.38. The predicted octanol–water partition coefficient (Wildman–Crippen LogP) is 1.64. The number of rotatable bonds is 4. The van der Waals surface area contributed by atoms with Gasteiger partial charge in [-0.25, -0.2) is 0 Å². The van der Waals surface area contributed by atoms with E-state index in [2.05, 4.69) is 15.0 Å². The molecule has 0 spiro atoms. The maximum Gasteiger partial charge on any atom is 0.241 e. The van der Waals surface area contributed by atoms with Gasteiger partial charge >= 0.3 is 0 Å². The Labute approximate surface area is 111 Å². The smallest absolute Gasteiger partial charge is 0.241 e. The molecule has 3 heterocycles. The quantitative estimate of drug-likeness (QED) is 0.902. The highest BCUT2D eigenvalue weighted by Crippen LogP contribution is 2.20. The second-order valence-corrected chi connectivity index (χ2v) is 4.84. The topological polar surface area (TPSA) is 81.3 Å². The van der Waals surface area contributed by atoms with Crippen LogP contribution in [0.4, 0.5) is 0 Å². The van der Waals surface area contributed by atoms with E-state index >= 15 is 0 Å². The number of hydrogen-bond acceptors (Lipinski definition) is 6. The molecule has 3 rings (SSSR count). The molecule has 1 atom stereocenters. The molecule has 1 aliphatic heterocycles. The van der Waals surface area contributed by atoms with E-state index in [0.717, 1.165) is 13.0 Å². The Morgan fingerprint density at radius 3 is 3.16 bits per heavy atom. The number of nitrogens with two attached hydrogens (primary N) is 1. The predicted molar refractivity (Wildman–Crippen MR) is 69.1 cm³/mol. The lowest BCUT2D eigenvalue weighted by atomic mass is 10.0. The van der Waals surface area contributed by atoms with Crippen LogP contribution in [0.3, 0.4) is 0 Å². The van der Waals surface area contributed by atoms with Crippen molar-refractivity contribution in [3.05, 3.63) is 24.3 Å². The van der Waals surface area contributed by atoms with E-state index in [1.807, 2.05) is 6.07 Å². The van der Waals surface area contributed by atoms with Crippen LogP contribution < -0.4 is 5.73 Å². The molecule has 0 saturated carbocycles. The summed E-state index contributed by atoms with van der Waals surface area (Å²) in [5.74, 6) is 1.75. The van der Waals surface area contributed by atoms with E-state index < -0.39 is 0 Å². The van der Waals surface area contributed by atoms with Crippen molar-refractivity contribution >= 4 is 0 Å². The third-order valence-electron chi connectivity index (χ3n) is 3.57.